The molecule has 0 bridgehead atoms. The topological polar surface area (TPSA) is 89.8 Å². The van der Waals surface area contributed by atoms with Crippen molar-refractivity contribution >= 4 is 15.7 Å². The Bertz CT molecular complexity index is 837. The van der Waals surface area contributed by atoms with Crippen LogP contribution in [-0.4, -0.2) is 31.3 Å². The molecule has 25 heavy (non-hydrogen) atoms. The molecular formula is C17H20N2O5S. The Balaban J connectivity index is 2.49. The van der Waals surface area contributed by atoms with Gasteiger partial charge in [-0.1, -0.05) is 37.3 Å². The summed E-state index contributed by atoms with van der Waals surface area (Å²) in [6.07, 6.45) is 0.614. The maximum atomic E-state index is 13.1. The molecule has 0 aliphatic rings. The average Bonchev–Trinajstić information content (AvgIpc) is 2.61. The first kappa shape index (κ1) is 18.9. The Morgan fingerprint density at radius 1 is 1.16 bits per heavy atom. The summed E-state index contributed by atoms with van der Waals surface area (Å²) >= 11 is 0. The minimum Gasteiger partial charge on any atom is -0.495 e. The average molecular weight is 364 g/mol. The number of hydrogen-bond donors (Lipinski definition) is 0. The fourth-order valence-corrected chi connectivity index (χ4v) is 4.14. The Morgan fingerprint density at radius 2 is 1.84 bits per heavy atom. The largest absolute Gasteiger partial charge is 0.495 e. The van der Waals surface area contributed by atoms with Gasteiger partial charge in [0.05, 0.1) is 12.0 Å². The van der Waals surface area contributed by atoms with Crippen LogP contribution < -0.4 is 4.74 Å². The second-order valence-corrected chi connectivity index (χ2v) is 7.32. The van der Waals surface area contributed by atoms with Crippen LogP contribution in [0.1, 0.15) is 18.9 Å². The molecular weight excluding hydrogens is 344 g/mol. The molecule has 2 aromatic carbocycles. The molecule has 0 aliphatic heterocycles. The molecule has 0 fully saturated rings. The van der Waals surface area contributed by atoms with Gasteiger partial charge in [-0.05, 0) is 18.1 Å². The van der Waals surface area contributed by atoms with E-state index < -0.39 is 14.9 Å². The molecule has 8 heteroatoms. The van der Waals surface area contributed by atoms with Crippen molar-refractivity contribution in [3.8, 4) is 5.75 Å². The molecule has 2 aromatic rings. The molecule has 7 nitrogen and oxygen atoms in total. The quantitative estimate of drug-likeness (QED) is 0.530. The highest BCUT2D eigenvalue weighted by molar-refractivity contribution is 7.89. The van der Waals surface area contributed by atoms with Gasteiger partial charge < -0.3 is 4.74 Å². The van der Waals surface area contributed by atoms with Crippen LogP contribution in [0.15, 0.2) is 53.4 Å². The van der Waals surface area contributed by atoms with Gasteiger partial charge in [0, 0.05) is 25.2 Å². The normalized spacial score (nSPS) is 11.5. The summed E-state index contributed by atoms with van der Waals surface area (Å²) in [5.41, 5.74) is 0.541. The predicted molar refractivity (Wildman–Crippen MR) is 94.0 cm³/mol. The van der Waals surface area contributed by atoms with Crippen molar-refractivity contribution in [1.82, 2.24) is 4.31 Å². The van der Waals surface area contributed by atoms with E-state index >= 15 is 0 Å². The highest BCUT2D eigenvalue weighted by Crippen LogP contribution is 2.31. The van der Waals surface area contributed by atoms with Crippen molar-refractivity contribution < 1.29 is 18.1 Å². The molecule has 0 heterocycles. The standard InChI is InChI=1S/C17H20N2O5S/c1-3-11-18(13-14-7-5-4-6-8-14)25(22,23)17-12-15(19(20)21)9-10-16(17)24-2/h4-10,12H,3,11,13H2,1-2H3. The van der Waals surface area contributed by atoms with Crippen molar-refractivity contribution in [3.05, 3.63) is 64.2 Å². The molecule has 0 aromatic heterocycles. The lowest BCUT2D eigenvalue weighted by Crippen LogP contribution is -2.31. The van der Waals surface area contributed by atoms with Crippen LogP contribution in [0.25, 0.3) is 0 Å². The van der Waals surface area contributed by atoms with Gasteiger partial charge in [0.15, 0.2) is 0 Å². The summed E-state index contributed by atoms with van der Waals surface area (Å²) in [7, 11) is -2.62. The zero-order valence-electron chi connectivity index (χ0n) is 14.1. The van der Waals surface area contributed by atoms with Crippen molar-refractivity contribution in [2.75, 3.05) is 13.7 Å². The van der Waals surface area contributed by atoms with E-state index in [1.54, 1.807) is 0 Å². The molecule has 0 unspecified atom stereocenters. The van der Waals surface area contributed by atoms with E-state index in [-0.39, 0.29) is 22.9 Å². The fraction of sp³-hybridized carbons (Fsp3) is 0.294. The second kappa shape index (κ2) is 8.09. The Hall–Kier alpha value is -2.45. The van der Waals surface area contributed by atoms with Gasteiger partial charge >= 0.3 is 0 Å². The van der Waals surface area contributed by atoms with Gasteiger partial charge in [0.2, 0.25) is 10.0 Å². The van der Waals surface area contributed by atoms with Gasteiger partial charge in [-0.15, -0.1) is 0 Å². The minimum atomic E-state index is -3.96. The van der Waals surface area contributed by atoms with Crippen LogP contribution in [0.4, 0.5) is 5.69 Å². The lowest BCUT2D eigenvalue weighted by Gasteiger charge is -2.22. The van der Waals surface area contributed by atoms with E-state index in [1.165, 1.54) is 23.5 Å². The Labute approximate surface area is 147 Å². The number of nitro groups is 1. The molecule has 2 rings (SSSR count). The molecule has 134 valence electrons. The molecule has 0 aliphatic carbocycles. The molecule has 0 N–H and O–H groups in total. The Kier molecular flexibility index (Phi) is 6.11. The van der Waals surface area contributed by atoms with Gasteiger partial charge in [-0.25, -0.2) is 8.42 Å². The summed E-state index contributed by atoms with van der Waals surface area (Å²) in [5.74, 6) is 0.0831. The van der Waals surface area contributed by atoms with Gasteiger partial charge in [0.1, 0.15) is 10.6 Å². The lowest BCUT2D eigenvalue weighted by molar-refractivity contribution is -0.385. The first-order chi connectivity index (χ1) is 11.9. The van der Waals surface area contributed by atoms with E-state index in [1.807, 2.05) is 37.3 Å². The summed E-state index contributed by atoms with van der Waals surface area (Å²) in [4.78, 5) is 10.2. The number of non-ortho nitro benzene ring substituents is 1. The summed E-state index contributed by atoms with van der Waals surface area (Å²) in [5, 5.41) is 11.0. The van der Waals surface area contributed by atoms with E-state index in [9.17, 15) is 18.5 Å². The number of methoxy groups -OCH3 is 1. The SMILES string of the molecule is CCCN(Cc1ccccc1)S(=O)(=O)c1cc([N+](=O)[O-])ccc1OC. The van der Waals surface area contributed by atoms with Crippen LogP contribution in [0.5, 0.6) is 5.75 Å². The zero-order valence-corrected chi connectivity index (χ0v) is 14.9. The third kappa shape index (κ3) is 4.34. The second-order valence-electron chi connectivity index (χ2n) is 5.42. The third-order valence-corrected chi connectivity index (χ3v) is 5.52. The monoisotopic (exact) mass is 364 g/mol. The van der Waals surface area contributed by atoms with Crippen molar-refractivity contribution in [3.63, 3.8) is 0 Å². The van der Waals surface area contributed by atoms with Gasteiger partial charge in [-0.3, -0.25) is 10.1 Å². The van der Waals surface area contributed by atoms with E-state index in [0.717, 1.165) is 11.6 Å². The Morgan fingerprint density at radius 3 is 2.40 bits per heavy atom. The molecule has 0 atom stereocenters. The smallest absolute Gasteiger partial charge is 0.271 e. The number of rotatable bonds is 8. The predicted octanol–water partition coefficient (Wildman–Crippen LogP) is 3.20. The van der Waals surface area contributed by atoms with Crippen molar-refractivity contribution in [2.45, 2.75) is 24.8 Å². The van der Waals surface area contributed by atoms with Crippen LogP contribution in [0.3, 0.4) is 0 Å². The first-order valence-electron chi connectivity index (χ1n) is 7.76. The number of nitro benzene ring substituents is 1. The zero-order chi connectivity index (χ0) is 18.4. The van der Waals surface area contributed by atoms with Gasteiger partial charge in [-0.2, -0.15) is 4.31 Å². The van der Waals surface area contributed by atoms with Gasteiger partial charge in [0.25, 0.3) is 5.69 Å². The number of nitrogens with zero attached hydrogens (tertiary/aromatic N) is 2. The number of hydrogen-bond acceptors (Lipinski definition) is 5. The minimum absolute atomic E-state index is 0.0831. The van der Waals surface area contributed by atoms with Crippen LogP contribution in [-0.2, 0) is 16.6 Å². The third-order valence-electron chi connectivity index (χ3n) is 3.65. The molecule has 0 radical (unpaired) electrons. The van der Waals surface area contributed by atoms with Crippen molar-refractivity contribution in [2.24, 2.45) is 0 Å². The molecule has 0 amide bonds. The summed E-state index contributed by atoms with van der Waals surface area (Å²) in [6, 6.07) is 12.8. The molecule has 0 spiro atoms. The van der Waals surface area contributed by atoms with Crippen LogP contribution in [0, 0.1) is 10.1 Å². The lowest BCUT2D eigenvalue weighted by atomic mass is 10.2. The maximum Gasteiger partial charge on any atom is 0.271 e. The number of benzene rings is 2. The summed E-state index contributed by atoms with van der Waals surface area (Å²) in [6.45, 7) is 2.35. The first-order valence-corrected chi connectivity index (χ1v) is 9.20. The van der Waals surface area contributed by atoms with E-state index in [4.69, 9.17) is 4.74 Å². The fourth-order valence-electron chi connectivity index (χ4n) is 2.44. The number of ether oxygens (including phenoxy) is 1. The number of sulfonamides is 1. The van der Waals surface area contributed by atoms with Crippen molar-refractivity contribution in [1.29, 1.82) is 0 Å². The maximum absolute atomic E-state index is 13.1. The molecule has 0 saturated carbocycles. The van der Waals surface area contributed by atoms with Crippen LogP contribution >= 0.6 is 0 Å². The van der Waals surface area contributed by atoms with Crippen LogP contribution in [0.2, 0.25) is 0 Å². The van der Waals surface area contributed by atoms with E-state index in [2.05, 4.69) is 0 Å². The molecule has 0 saturated heterocycles. The highest BCUT2D eigenvalue weighted by Gasteiger charge is 2.29. The highest BCUT2D eigenvalue weighted by atomic mass is 32.2. The summed E-state index contributed by atoms with van der Waals surface area (Å²) < 4.78 is 32.6. The van der Waals surface area contributed by atoms with E-state index in [0.29, 0.717) is 13.0 Å².